The first-order valence-corrected chi connectivity index (χ1v) is 7.74. The molecule has 0 aromatic carbocycles. The van der Waals surface area contributed by atoms with Crippen molar-refractivity contribution in [3.05, 3.63) is 26.8 Å². The lowest BCUT2D eigenvalue weighted by molar-refractivity contribution is 0.603. The number of aromatic nitrogens is 4. The van der Waals surface area contributed by atoms with Crippen molar-refractivity contribution in [1.29, 1.82) is 0 Å². The summed E-state index contributed by atoms with van der Waals surface area (Å²) in [5, 5.41) is 4.81. The standard InChI is InChI=1S/C13H16ClIN4/c1-4-5-19-7-9(6-16-19)13-17-11(8(2)3)10(15)12(14)18-13/h6-8H,4-5H2,1-3H3. The summed E-state index contributed by atoms with van der Waals surface area (Å²) in [6.45, 7) is 7.22. The molecule has 0 fully saturated rings. The minimum absolute atomic E-state index is 0.317. The average molecular weight is 391 g/mol. The third-order valence-corrected chi connectivity index (χ3v) is 4.38. The number of aryl methyl sites for hydroxylation is 1. The number of nitrogens with zero attached hydrogens (tertiary/aromatic N) is 4. The van der Waals surface area contributed by atoms with Crippen LogP contribution in [0.4, 0.5) is 0 Å². The van der Waals surface area contributed by atoms with Crippen molar-refractivity contribution in [2.75, 3.05) is 0 Å². The maximum absolute atomic E-state index is 6.20. The predicted molar refractivity (Wildman–Crippen MR) is 85.4 cm³/mol. The fourth-order valence-corrected chi connectivity index (χ4v) is 2.82. The summed E-state index contributed by atoms with van der Waals surface area (Å²) in [5.74, 6) is 0.966. The molecule has 0 aliphatic heterocycles. The molecule has 0 radical (unpaired) electrons. The first-order chi connectivity index (χ1) is 9.02. The van der Waals surface area contributed by atoms with E-state index in [-0.39, 0.29) is 0 Å². The highest BCUT2D eigenvalue weighted by atomic mass is 127. The van der Waals surface area contributed by atoms with E-state index < -0.39 is 0 Å². The molecule has 102 valence electrons. The zero-order valence-corrected chi connectivity index (χ0v) is 14.1. The van der Waals surface area contributed by atoms with E-state index in [1.807, 2.05) is 10.9 Å². The van der Waals surface area contributed by atoms with Gasteiger partial charge in [0, 0.05) is 12.7 Å². The second-order valence-corrected chi connectivity index (χ2v) is 6.12. The second kappa shape index (κ2) is 6.17. The van der Waals surface area contributed by atoms with E-state index >= 15 is 0 Å². The Morgan fingerprint density at radius 1 is 1.37 bits per heavy atom. The first-order valence-electron chi connectivity index (χ1n) is 6.28. The van der Waals surface area contributed by atoms with Crippen LogP contribution < -0.4 is 0 Å². The summed E-state index contributed by atoms with van der Waals surface area (Å²) in [6.07, 6.45) is 4.80. The van der Waals surface area contributed by atoms with Crippen molar-refractivity contribution < 1.29 is 0 Å². The van der Waals surface area contributed by atoms with Crippen molar-refractivity contribution in [1.82, 2.24) is 19.7 Å². The number of hydrogen-bond acceptors (Lipinski definition) is 3. The molecule has 0 aliphatic carbocycles. The molecule has 0 amide bonds. The highest BCUT2D eigenvalue weighted by molar-refractivity contribution is 14.1. The Hall–Kier alpha value is -0.690. The quantitative estimate of drug-likeness (QED) is 0.582. The molecule has 2 aromatic rings. The van der Waals surface area contributed by atoms with Crippen LogP contribution in [0.5, 0.6) is 0 Å². The van der Waals surface area contributed by atoms with Crippen molar-refractivity contribution in [3.8, 4) is 11.4 Å². The molecular formula is C13H16ClIN4. The number of hydrogen-bond donors (Lipinski definition) is 0. The minimum atomic E-state index is 0.317. The normalized spacial score (nSPS) is 11.3. The highest BCUT2D eigenvalue weighted by Gasteiger charge is 2.15. The van der Waals surface area contributed by atoms with Gasteiger partial charge in [-0.3, -0.25) is 4.68 Å². The molecule has 0 bridgehead atoms. The Labute approximate surface area is 131 Å². The summed E-state index contributed by atoms with van der Waals surface area (Å²) >= 11 is 8.39. The molecule has 0 unspecified atom stereocenters. The van der Waals surface area contributed by atoms with Gasteiger partial charge in [0.25, 0.3) is 0 Å². The van der Waals surface area contributed by atoms with Gasteiger partial charge in [-0.1, -0.05) is 32.4 Å². The molecular weight excluding hydrogens is 375 g/mol. The molecule has 2 aromatic heterocycles. The van der Waals surface area contributed by atoms with E-state index in [2.05, 4.69) is 58.4 Å². The maximum Gasteiger partial charge on any atom is 0.164 e. The third-order valence-electron chi connectivity index (χ3n) is 2.73. The van der Waals surface area contributed by atoms with E-state index in [0.29, 0.717) is 16.9 Å². The van der Waals surface area contributed by atoms with Crippen LogP contribution in [0.15, 0.2) is 12.4 Å². The smallest absolute Gasteiger partial charge is 0.164 e. The van der Waals surface area contributed by atoms with E-state index in [1.165, 1.54) is 0 Å². The Kier molecular flexibility index (Phi) is 4.78. The van der Waals surface area contributed by atoms with E-state index in [0.717, 1.165) is 27.8 Å². The molecule has 19 heavy (non-hydrogen) atoms. The monoisotopic (exact) mass is 390 g/mol. The van der Waals surface area contributed by atoms with Gasteiger partial charge in [0.05, 0.1) is 21.0 Å². The summed E-state index contributed by atoms with van der Waals surface area (Å²) in [7, 11) is 0. The Bertz CT molecular complexity index is 580. The van der Waals surface area contributed by atoms with Gasteiger partial charge in [-0.05, 0) is 34.9 Å². The van der Waals surface area contributed by atoms with Gasteiger partial charge in [0.15, 0.2) is 5.82 Å². The van der Waals surface area contributed by atoms with E-state index in [1.54, 1.807) is 6.20 Å². The van der Waals surface area contributed by atoms with Crippen LogP contribution in [0, 0.1) is 3.57 Å². The lowest BCUT2D eigenvalue weighted by atomic mass is 10.1. The molecule has 0 spiro atoms. The van der Waals surface area contributed by atoms with Gasteiger partial charge < -0.3 is 0 Å². The van der Waals surface area contributed by atoms with Crippen LogP contribution in [-0.2, 0) is 6.54 Å². The maximum atomic E-state index is 6.20. The summed E-state index contributed by atoms with van der Waals surface area (Å²) in [4.78, 5) is 8.97. The van der Waals surface area contributed by atoms with Gasteiger partial charge in [0.1, 0.15) is 5.15 Å². The molecule has 4 nitrogen and oxygen atoms in total. The van der Waals surface area contributed by atoms with Crippen molar-refractivity contribution in [2.24, 2.45) is 0 Å². The minimum Gasteiger partial charge on any atom is -0.272 e. The van der Waals surface area contributed by atoms with Crippen LogP contribution in [0.25, 0.3) is 11.4 Å². The number of halogens is 2. The molecule has 0 atom stereocenters. The second-order valence-electron chi connectivity index (χ2n) is 4.68. The largest absolute Gasteiger partial charge is 0.272 e. The molecule has 2 rings (SSSR count). The summed E-state index contributed by atoms with van der Waals surface area (Å²) in [5.41, 5.74) is 1.90. The van der Waals surface area contributed by atoms with Crippen molar-refractivity contribution in [3.63, 3.8) is 0 Å². The van der Waals surface area contributed by atoms with E-state index in [4.69, 9.17) is 11.6 Å². The van der Waals surface area contributed by atoms with Crippen LogP contribution >= 0.6 is 34.2 Å². The zero-order chi connectivity index (χ0) is 14.0. The van der Waals surface area contributed by atoms with Gasteiger partial charge in [-0.25, -0.2) is 9.97 Å². The molecule has 0 aliphatic rings. The SMILES string of the molecule is CCCn1cc(-c2nc(Cl)c(I)c(C(C)C)n2)cn1. The van der Waals surface area contributed by atoms with Gasteiger partial charge in [0.2, 0.25) is 0 Å². The van der Waals surface area contributed by atoms with Crippen LogP contribution in [-0.4, -0.2) is 19.7 Å². The Balaban J connectivity index is 2.44. The van der Waals surface area contributed by atoms with E-state index in [9.17, 15) is 0 Å². The average Bonchev–Trinajstić information content (AvgIpc) is 2.81. The zero-order valence-electron chi connectivity index (χ0n) is 11.2. The van der Waals surface area contributed by atoms with Crippen LogP contribution in [0.1, 0.15) is 38.8 Å². The van der Waals surface area contributed by atoms with Crippen LogP contribution in [0.3, 0.4) is 0 Å². The Morgan fingerprint density at radius 3 is 2.74 bits per heavy atom. The van der Waals surface area contributed by atoms with Crippen molar-refractivity contribution in [2.45, 2.75) is 39.7 Å². The fourth-order valence-electron chi connectivity index (χ4n) is 1.78. The Morgan fingerprint density at radius 2 is 2.11 bits per heavy atom. The molecule has 0 saturated carbocycles. The molecule has 0 N–H and O–H groups in total. The fraction of sp³-hybridized carbons (Fsp3) is 0.462. The summed E-state index contributed by atoms with van der Waals surface area (Å²) < 4.78 is 2.83. The lowest BCUT2D eigenvalue weighted by Gasteiger charge is -2.09. The summed E-state index contributed by atoms with van der Waals surface area (Å²) in [6, 6.07) is 0. The topological polar surface area (TPSA) is 43.6 Å². The molecule has 6 heteroatoms. The lowest BCUT2D eigenvalue weighted by Crippen LogP contribution is -2.02. The number of rotatable bonds is 4. The van der Waals surface area contributed by atoms with Crippen molar-refractivity contribution >= 4 is 34.2 Å². The highest BCUT2D eigenvalue weighted by Crippen LogP contribution is 2.27. The van der Waals surface area contributed by atoms with Gasteiger partial charge in [-0.2, -0.15) is 5.10 Å². The van der Waals surface area contributed by atoms with Crippen LogP contribution in [0.2, 0.25) is 5.15 Å². The van der Waals surface area contributed by atoms with Gasteiger partial charge in [-0.15, -0.1) is 0 Å². The third kappa shape index (κ3) is 3.25. The molecule has 2 heterocycles. The molecule has 0 saturated heterocycles. The van der Waals surface area contributed by atoms with Gasteiger partial charge >= 0.3 is 0 Å². The predicted octanol–water partition coefficient (Wildman–Crippen LogP) is 4.13. The first kappa shape index (κ1) is 14.7.